The molecule has 2 amide bonds. The summed E-state index contributed by atoms with van der Waals surface area (Å²) in [4.78, 5) is 24.8. The molecule has 1 N–H and O–H groups in total. The average molecular weight is 364 g/mol. The van der Waals surface area contributed by atoms with Gasteiger partial charge in [-0.3, -0.25) is 9.59 Å². The molecule has 1 aromatic carbocycles. The minimum atomic E-state index is -0.272. The first-order valence-corrected chi connectivity index (χ1v) is 8.44. The first-order chi connectivity index (χ1) is 11.9. The van der Waals surface area contributed by atoms with Crippen LogP contribution in [-0.4, -0.2) is 70.4 Å². The second kappa shape index (κ2) is 8.47. The third kappa shape index (κ3) is 4.92. The van der Waals surface area contributed by atoms with Crippen LogP contribution >= 0.6 is 11.8 Å². The molecule has 2 rings (SSSR count). The molecule has 9 nitrogen and oxygen atoms in total. The number of nitrogens with zero attached hydrogens (tertiary/aromatic N) is 5. The summed E-state index contributed by atoms with van der Waals surface area (Å²) in [6.45, 7) is 1.92. The summed E-state index contributed by atoms with van der Waals surface area (Å²) in [5.41, 5.74) is 1.72. The Morgan fingerprint density at radius 1 is 1.36 bits per heavy atom. The van der Waals surface area contributed by atoms with Crippen molar-refractivity contribution in [2.24, 2.45) is 0 Å². The van der Waals surface area contributed by atoms with Gasteiger partial charge in [-0.05, 0) is 35.0 Å². The maximum atomic E-state index is 11.9. The molecule has 1 aromatic heterocycles. The first-order valence-electron chi connectivity index (χ1n) is 7.45. The maximum absolute atomic E-state index is 11.9. The Morgan fingerprint density at radius 2 is 2.12 bits per heavy atom. The van der Waals surface area contributed by atoms with E-state index in [4.69, 9.17) is 4.74 Å². The zero-order valence-electron chi connectivity index (χ0n) is 14.5. The normalized spacial score (nSPS) is 10.4. The molecule has 0 saturated heterocycles. The van der Waals surface area contributed by atoms with Gasteiger partial charge in [-0.1, -0.05) is 17.8 Å². The molecule has 0 aliphatic rings. The number of nitrogens with one attached hydrogen (secondary N) is 1. The van der Waals surface area contributed by atoms with Crippen LogP contribution in [0, 0.1) is 6.92 Å². The van der Waals surface area contributed by atoms with Gasteiger partial charge >= 0.3 is 0 Å². The van der Waals surface area contributed by atoms with Crippen LogP contribution in [0.25, 0.3) is 5.69 Å². The lowest BCUT2D eigenvalue weighted by Gasteiger charge is -2.11. The Balaban J connectivity index is 2.04. The van der Waals surface area contributed by atoms with E-state index >= 15 is 0 Å². The molecule has 0 bridgehead atoms. The van der Waals surface area contributed by atoms with E-state index in [1.165, 1.54) is 21.3 Å². The molecule has 134 valence electrons. The number of ether oxygens (including phenoxy) is 1. The van der Waals surface area contributed by atoms with Gasteiger partial charge in [0.25, 0.3) is 0 Å². The van der Waals surface area contributed by atoms with Crippen LogP contribution in [0.4, 0.5) is 0 Å². The minimum absolute atomic E-state index is 0.0387. The van der Waals surface area contributed by atoms with E-state index < -0.39 is 0 Å². The monoisotopic (exact) mass is 364 g/mol. The van der Waals surface area contributed by atoms with E-state index in [1.54, 1.807) is 21.2 Å². The van der Waals surface area contributed by atoms with E-state index in [0.29, 0.717) is 16.6 Å². The number of rotatable bonds is 7. The Morgan fingerprint density at radius 3 is 2.80 bits per heavy atom. The van der Waals surface area contributed by atoms with Gasteiger partial charge in [-0.25, -0.2) is 0 Å². The summed E-state index contributed by atoms with van der Waals surface area (Å²) in [7, 11) is 4.83. The van der Waals surface area contributed by atoms with Gasteiger partial charge in [0.1, 0.15) is 11.4 Å². The Bertz CT molecular complexity index is 761. The number of aryl methyl sites for hydroxylation is 1. The van der Waals surface area contributed by atoms with Crippen LogP contribution < -0.4 is 10.1 Å². The Labute approximate surface area is 149 Å². The van der Waals surface area contributed by atoms with Crippen molar-refractivity contribution in [3.63, 3.8) is 0 Å². The van der Waals surface area contributed by atoms with Crippen molar-refractivity contribution in [3.05, 3.63) is 23.8 Å². The number of likely N-dealkylation sites (N-methyl/N-ethyl adjacent to an activating group) is 1. The Hall–Kier alpha value is -2.62. The summed E-state index contributed by atoms with van der Waals surface area (Å²) in [5, 5.41) is 14.6. The number of carbonyl (C=O) groups excluding carboxylic acids is 2. The number of methoxy groups -OCH3 is 1. The van der Waals surface area contributed by atoms with Gasteiger partial charge in [0.15, 0.2) is 0 Å². The molecule has 0 spiro atoms. The number of thioether (sulfide) groups is 1. The summed E-state index contributed by atoms with van der Waals surface area (Å²) in [6.07, 6.45) is 0. The maximum Gasteiger partial charge on any atom is 0.241 e. The summed E-state index contributed by atoms with van der Waals surface area (Å²) >= 11 is 1.18. The highest BCUT2D eigenvalue weighted by Crippen LogP contribution is 2.26. The molecule has 10 heteroatoms. The fourth-order valence-corrected chi connectivity index (χ4v) is 2.61. The molecule has 2 aromatic rings. The van der Waals surface area contributed by atoms with Gasteiger partial charge in [0, 0.05) is 14.1 Å². The molecule has 0 aliphatic carbocycles. The zero-order valence-corrected chi connectivity index (χ0v) is 15.3. The second-order valence-corrected chi connectivity index (χ2v) is 6.34. The third-order valence-corrected chi connectivity index (χ3v) is 4.19. The number of carbonyl (C=O) groups is 2. The van der Waals surface area contributed by atoms with Crippen molar-refractivity contribution in [1.29, 1.82) is 0 Å². The van der Waals surface area contributed by atoms with E-state index in [0.717, 1.165) is 5.56 Å². The molecule has 0 fully saturated rings. The fourth-order valence-electron chi connectivity index (χ4n) is 1.90. The highest BCUT2D eigenvalue weighted by molar-refractivity contribution is 7.99. The smallest absolute Gasteiger partial charge is 0.241 e. The van der Waals surface area contributed by atoms with E-state index in [9.17, 15) is 9.59 Å². The molecule has 0 saturated carbocycles. The predicted octanol–water partition coefficient (Wildman–Crippen LogP) is 0.276. The fraction of sp³-hybridized carbons (Fsp3) is 0.400. The van der Waals surface area contributed by atoms with Gasteiger partial charge in [-0.2, -0.15) is 4.68 Å². The van der Waals surface area contributed by atoms with Crippen molar-refractivity contribution in [3.8, 4) is 11.4 Å². The van der Waals surface area contributed by atoms with Crippen LogP contribution in [0.5, 0.6) is 5.75 Å². The van der Waals surface area contributed by atoms with E-state index in [1.807, 2.05) is 25.1 Å². The van der Waals surface area contributed by atoms with Gasteiger partial charge in [0.05, 0.1) is 19.4 Å². The van der Waals surface area contributed by atoms with Crippen LogP contribution in [-0.2, 0) is 9.59 Å². The van der Waals surface area contributed by atoms with Crippen LogP contribution in [0.3, 0.4) is 0 Å². The summed E-state index contributed by atoms with van der Waals surface area (Å²) in [6, 6.07) is 5.66. The molecule has 0 radical (unpaired) electrons. The topological polar surface area (TPSA) is 102 Å². The Kier molecular flexibility index (Phi) is 6.34. The minimum Gasteiger partial charge on any atom is -0.494 e. The lowest BCUT2D eigenvalue weighted by Crippen LogP contribution is -2.37. The first kappa shape index (κ1) is 18.7. The second-order valence-electron chi connectivity index (χ2n) is 5.40. The largest absolute Gasteiger partial charge is 0.494 e. The van der Waals surface area contributed by atoms with E-state index in [2.05, 4.69) is 20.8 Å². The molecule has 0 unspecified atom stereocenters. The van der Waals surface area contributed by atoms with Crippen LogP contribution in [0.15, 0.2) is 23.4 Å². The molecular weight excluding hydrogens is 344 g/mol. The average Bonchev–Trinajstić information content (AvgIpc) is 3.05. The van der Waals surface area contributed by atoms with Gasteiger partial charge in [0.2, 0.25) is 17.0 Å². The lowest BCUT2D eigenvalue weighted by molar-refractivity contribution is -0.130. The van der Waals surface area contributed by atoms with Crippen molar-refractivity contribution in [2.75, 3.05) is 33.5 Å². The highest BCUT2D eigenvalue weighted by Gasteiger charge is 2.15. The van der Waals surface area contributed by atoms with Gasteiger partial charge in [-0.15, -0.1) is 5.10 Å². The zero-order chi connectivity index (χ0) is 18.4. The van der Waals surface area contributed by atoms with Gasteiger partial charge < -0.3 is 15.0 Å². The molecular formula is C15H20N6O3S. The summed E-state index contributed by atoms with van der Waals surface area (Å²) in [5.74, 6) is 0.272. The predicted molar refractivity (Wildman–Crippen MR) is 92.9 cm³/mol. The third-order valence-electron chi connectivity index (χ3n) is 3.27. The summed E-state index contributed by atoms with van der Waals surface area (Å²) < 4.78 is 6.87. The number of hydrogen-bond donors (Lipinski definition) is 1. The molecule has 0 atom stereocenters. The van der Waals surface area contributed by atoms with Crippen molar-refractivity contribution in [1.82, 2.24) is 30.4 Å². The number of hydrogen-bond acceptors (Lipinski definition) is 7. The lowest BCUT2D eigenvalue weighted by atomic mass is 10.2. The molecule has 25 heavy (non-hydrogen) atoms. The number of benzene rings is 1. The molecule has 1 heterocycles. The van der Waals surface area contributed by atoms with Crippen molar-refractivity contribution < 1.29 is 14.3 Å². The number of amides is 2. The van der Waals surface area contributed by atoms with Crippen molar-refractivity contribution >= 4 is 23.6 Å². The highest BCUT2D eigenvalue weighted by atomic mass is 32.2. The number of tetrazole rings is 1. The van der Waals surface area contributed by atoms with E-state index in [-0.39, 0.29) is 24.1 Å². The SMILES string of the molecule is COc1ccc(C)cc1-n1nnnc1SCC(=O)NCC(=O)N(C)C. The number of aromatic nitrogens is 4. The standard InChI is InChI=1S/C15H20N6O3S/c1-10-5-6-12(24-4)11(7-10)21-15(17-18-19-21)25-9-13(22)16-8-14(23)20(2)3/h5-7H,8-9H2,1-4H3,(H,16,22). The van der Waals surface area contributed by atoms with Crippen LogP contribution in [0.2, 0.25) is 0 Å². The van der Waals surface area contributed by atoms with Crippen LogP contribution in [0.1, 0.15) is 5.56 Å². The molecule has 0 aliphatic heterocycles. The quantitative estimate of drug-likeness (QED) is 0.704. The van der Waals surface area contributed by atoms with Crippen molar-refractivity contribution in [2.45, 2.75) is 12.1 Å².